The van der Waals surface area contributed by atoms with Crippen molar-refractivity contribution >= 4 is 10.0 Å². The van der Waals surface area contributed by atoms with E-state index >= 15 is 0 Å². The van der Waals surface area contributed by atoms with Gasteiger partial charge in [0.15, 0.2) is 0 Å². The van der Waals surface area contributed by atoms with Gasteiger partial charge in [-0.3, -0.25) is 0 Å². The zero-order chi connectivity index (χ0) is 15.6. The number of hydrogen-bond acceptors (Lipinski definition) is 2. The fourth-order valence-electron chi connectivity index (χ4n) is 5.33. The van der Waals surface area contributed by atoms with Crippen molar-refractivity contribution in [1.29, 1.82) is 0 Å². The zero-order valence-electron chi connectivity index (χ0n) is 12.8. The quantitative estimate of drug-likeness (QED) is 0.927. The Balaban J connectivity index is 1.64. The molecule has 3 nitrogen and oxygen atoms in total. The van der Waals surface area contributed by atoms with Crippen molar-refractivity contribution in [3.05, 3.63) is 29.8 Å². The van der Waals surface area contributed by atoms with E-state index in [2.05, 4.69) is 4.72 Å². The topological polar surface area (TPSA) is 46.2 Å². The molecule has 5 rings (SSSR count). The molecular formula is C17H22FNO2S. The molecule has 2 atom stereocenters. The first-order chi connectivity index (χ1) is 10.3. The summed E-state index contributed by atoms with van der Waals surface area (Å²) in [5, 5.41) is 0. The summed E-state index contributed by atoms with van der Waals surface area (Å²) in [6.45, 7) is 1.93. The Morgan fingerprint density at radius 1 is 1.09 bits per heavy atom. The number of hydrogen-bond donors (Lipinski definition) is 1. The molecule has 22 heavy (non-hydrogen) atoms. The molecule has 0 heterocycles. The smallest absolute Gasteiger partial charge is 0.241 e. The number of halogens is 1. The van der Waals surface area contributed by atoms with E-state index in [4.69, 9.17) is 0 Å². The van der Waals surface area contributed by atoms with Gasteiger partial charge in [0, 0.05) is 12.0 Å². The molecule has 1 aromatic rings. The van der Waals surface area contributed by atoms with Gasteiger partial charge in [0.25, 0.3) is 0 Å². The van der Waals surface area contributed by atoms with Gasteiger partial charge in [-0.25, -0.2) is 17.5 Å². The number of benzene rings is 1. The maximum Gasteiger partial charge on any atom is 0.241 e. The number of aryl methyl sites for hydroxylation is 1. The first-order valence-electron chi connectivity index (χ1n) is 8.07. The van der Waals surface area contributed by atoms with Crippen LogP contribution in [0.15, 0.2) is 29.2 Å². The van der Waals surface area contributed by atoms with E-state index in [0.29, 0.717) is 31.1 Å². The Labute approximate surface area is 131 Å². The van der Waals surface area contributed by atoms with Crippen LogP contribution in [0.25, 0.3) is 0 Å². The van der Waals surface area contributed by atoms with Crippen molar-refractivity contribution in [2.45, 2.75) is 61.6 Å². The van der Waals surface area contributed by atoms with Crippen molar-refractivity contribution in [3.63, 3.8) is 0 Å². The highest BCUT2D eigenvalue weighted by Gasteiger charge is 2.59. The maximum absolute atomic E-state index is 14.9. The van der Waals surface area contributed by atoms with Crippen molar-refractivity contribution in [3.8, 4) is 0 Å². The molecular weight excluding hydrogens is 301 g/mol. The van der Waals surface area contributed by atoms with Crippen LogP contribution in [0, 0.1) is 18.8 Å². The summed E-state index contributed by atoms with van der Waals surface area (Å²) in [6.07, 6.45) is 4.24. The second kappa shape index (κ2) is 4.54. The van der Waals surface area contributed by atoms with Gasteiger partial charge < -0.3 is 0 Å². The lowest BCUT2D eigenvalue weighted by atomic mass is 9.52. The maximum atomic E-state index is 14.9. The molecule has 2 unspecified atom stereocenters. The SMILES string of the molecule is Cc1ccc(S(=O)(=O)NC23CC4CC(CC(F)(C4)C2)C3)cc1. The summed E-state index contributed by atoms with van der Waals surface area (Å²) >= 11 is 0. The van der Waals surface area contributed by atoms with Crippen molar-refractivity contribution in [1.82, 2.24) is 4.72 Å². The molecule has 0 saturated heterocycles. The van der Waals surface area contributed by atoms with Gasteiger partial charge in [-0.2, -0.15) is 0 Å². The average Bonchev–Trinajstić information content (AvgIpc) is 2.34. The first kappa shape index (κ1) is 14.6. The first-order valence-corrected chi connectivity index (χ1v) is 9.56. The summed E-state index contributed by atoms with van der Waals surface area (Å²) in [5.74, 6) is 0.680. The molecule has 4 aliphatic carbocycles. The molecule has 1 N–H and O–H groups in total. The van der Waals surface area contributed by atoms with Gasteiger partial charge >= 0.3 is 0 Å². The molecule has 0 radical (unpaired) electrons. The number of alkyl halides is 1. The van der Waals surface area contributed by atoms with E-state index in [1.807, 2.05) is 6.92 Å². The normalized spacial score (nSPS) is 40.1. The molecule has 5 heteroatoms. The molecule has 4 fully saturated rings. The summed E-state index contributed by atoms with van der Waals surface area (Å²) in [6, 6.07) is 6.85. The molecule has 4 saturated carbocycles. The summed E-state index contributed by atoms with van der Waals surface area (Å²) < 4.78 is 43.2. The van der Waals surface area contributed by atoms with E-state index in [-0.39, 0.29) is 4.90 Å². The molecule has 4 bridgehead atoms. The predicted molar refractivity (Wildman–Crippen MR) is 82.8 cm³/mol. The highest BCUT2D eigenvalue weighted by Crippen LogP contribution is 2.59. The molecule has 0 aromatic heterocycles. The number of sulfonamides is 1. The standard InChI is InChI=1S/C17H22FNO2S/c1-12-2-4-15(5-3-12)22(20,21)19-17-9-13-6-14(10-17)8-16(18,7-13)11-17/h2-5,13-14,19H,6-11H2,1H3. The van der Waals surface area contributed by atoms with Gasteiger partial charge in [-0.05, 0) is 63.0 Å². The Hall–Kier alpha value is -0.940. The Morgan fingerprint density at radius 3 is 2.23 bits per heavy atom. The molecule has 4 aliphatic rings. The van der Waals surface area contributed by atoms with Crippen molar-refractivity contribution in [2.75, 3.05) is 0 Å². The highest BCUT2D eigenvalue weighted by molar-refractivity contribution is 7.89. The van der Waals surface area contributed by atoms with Gasteiger partial charge in [-0.1, -0.05) is 17.7 Å². The lowest BCUT2D eigenvalue weighted by Gasteiger charge is -2.58. The largest absolute Gasteiger partial charge is 0.244 e. The van der Waals surface area contributed by atoms with E-state index in [9.17, 15) is 12.8 Å². The minimum Gasteiger partial charge on any atom is -0.244 e. The fraction of sp³-hybridized carbons (Fsp3) is 0.647. The van der Waals surface area contributed by atoms with E-state index < -0.39 is 21.2 Å². The number of rotatable bonds is 3. The van der Waals surface area contributed by atoms with Crippen LogP contribution >= 0.6 is 0 Å². The van der Waals surface area contributed by atoms with Crippen LogP contribution in [0.1, 0.15) is 44.1 Å². The van der Waals surface area contributed by atoms with Crippen LogP contribution in [0.4, 0.5) is 4.39 Å². The Kier molecular flexibility index (Phi) is 3.02. The van der Waals surface area contributed by atoms with Crippen LogP contribution in [-0.4, -0.2) is 19.6 Å². The van der Waals surface area contributed by atoms with Gasteiger partial charge in [-0.15, -0.1) is 0 Å². The third-order valence-electron chi connectivity index (χ3n) is 5.67. The molecule has 120 valence electrons. The Bertz CT molecular complexity index is 684. The zero-order valence-corrected chi connectivity index (χ0v) is 13.6. The van der Waals surface area contributed by atoms with Crippen molar-refractivity contribution < 1.29 is 12.8 Å². The number of nitrogens with one attached hydrogen (secondary N) is 1. The third kappa shape index (κ3) is 2.38. The third-order valence-corrected chi connectivity index (χ3v) is 7.27. The second-order valence-corrected chi connectivity index (χ2v) is 9.49. The van der Waals surface area contributed by atoms with Gasteiger partial charge in [0.05, 0.1) is 4.90 Å². The predicted octanol–water partition coefficient (Wildman–Crippen LogP) is 3.33. The lowest BCUT2D eigenvalue weighted by Crippen LogP contribution is -2.64. The Morgan fingerprint density at radius 2 is 1.68 bits per heavy atom. The van der Waals surface area contributed by atoms with E-state index in [0.717, 1.165) is 24.8 Å². The minimum absolute atomic E-state index is 0.279. The summed E-state index contributed by atoms with van der Waals surface area (Å²) in [5.41, 5.74) is -0.695. The van der Waals surface area contributed by atoms with Crippen LogP contribution in [-0.2, 0) is 10.0 Å². The molecule has 0 aliphatic heterocycles. The monoisotopic (exact) mass is 323 g/mol. The molecule has 1 aromatic carbocycles. The molecule has 0 spiro atoms. The van der Waals surface area contributed by atoms with Crippen LogP contribution < -0.4 is 4.72 Å². The van der Waals surface area contributed by atoms with Gasteiger partial charge in [0.2, 0.25) is 10.0 Å². The van der Waals surface area contributed by atoms with E-state index in [1.165, 1.54) is 0 Å². The fourth-order valence-corrected chi connectivity index (χ4v) is 6.75. The summed E-state index contributed by atoms with van der Waals surface area (Å²) in [4.78, 5) is 0.279. The van der Waals surface area contributed by atoms with Crippen LogP contribution in [0.3, 0.4) is 0 Å². The van der Waals surface area contributed by atoms with Crippen molar-refractivity contribution in [2.24, 2.45) is 11.8 Å². The summed E-state index contributed by atoms with van der Waals surface area (Å²) in [7, 11) is -3.58. The van der Waals surface area contributed by atoms with Crippen LogP contribution in [0.5, 0.6) is 0 Å². The van der Waals surface area contributed by atoms with E-state index in [1.54, 1.807) is 24.3 Å². The highest BCUT2D eigenvalue weighted by atomic mass is 32.2. The second-order valence-electron chi connectivity index (χ2n) is 7.81. The minimum atomic E-state index is -3.58. The van der Waals surface area contributed by atoms with Crippen LogP contribution in [0.2, 0.25) is 0 Å². The molecule has 0 amide bonds. The lowest BCUT2D eigenvalue weighted by molar-refractivity contribution is -0.0901. The van der Waals surface area contributed by atoms with Gasteiger partial charge in [0.1, 0.15) is 5.67 Å². The average molecular weight is 323 g/mol.